The molecule has 0 saturated carbocycles. The molecule has 1 aliphatic rings. The molecular weight excluding hydrogens is 408 g/mol. The van der Waals surface area contributed by atoms with Gasteiger partial charge in [0, 0.05) is 12.2 Å². The van der Waals surface area contributed by atoms with Crippen LogP contribution >= 0.6 is 0 Å². The molecule has 0 aromatic heterocycles. The molecule has 0 spiro atoms. The van der Waals surface area contributed by atoms with E-state index >= 15 is 0 Å². The fourth-order valence-electron chi connectivity index (χ4n) is 3.47. The van der Waals surface area contributed by atoms with Crippen molar-refractivity contribution in [1.29, 1.82) is 0 Å². The van der Waals surface area contributed by atoms with Gasteiger partial charge in [0.15, 0.2) is 0 Å². The number of benzene rings is 2. The second kappa shape index (κ2) is 10.8. The zero-order valence-corrected chi connectivity index (χ0v) is 16.8. The first-order valence-corrected chi connectivity index (χ1v) is 10.1. The first-order chi connectivity index (χ1) is 15.0. The van der Waals surface area contributed by atoms with Crippen LogP contribution in [0.3, 0.4) is 0 Å². The lowest BCUT2D eigenvalue weighted by molar-refractivity contribution is -0.0886. The van der Waals surface area contributed by atoms with Crippen LogP contribution in [0.2, 0.25) is 0 Å². The Balaban J connectivity index is 1.43. The Morgan fingerprint density at radius 1 is 1.06 bits per heavy atom. The normalized spacial score (nSPS) is 20.7. The van der Waals surface area contributed by atoms with Gasteiger partial charge < -0.3 is 25.8 Å². The third kappa shape index (κ3) is 6.47. The summed E-state index contributed by atoms with van der Waals surface area (Å²) in [7, 11) is 0. The van der Waals surface area contributed by atoms with Crippen LogP contribution < -0.4 is 16.0 Å². The number of carbonyl (C=O) groups excluding carboxylic acids is 2. The standard InChI is InChI=1S/C22H25F2N3O4/c23-14-5-7-15(8-6-14)26-22(30)27-19-10-9-16(31-20(19)13-28)11-12-25-21(29)17-3-1-2-4-18(17)24/h1-8,16,19-20,28H,9-13H2,(H,25,29)(H2,26,27,30)/t16-,19-,20-/m0/s1. The van der Waals surface area contributed by atoms with Crippen molar-refractivity contribution in [3.8, 4) is 0 Å². The summed E-state index contributed by atoms with van der Waals surface area (Å²) in [4.78, 5) is 24.2. The number of ether oxygens (including phenoxy) is 1. The highest BCUT2D eigenvalue weighted by molar-refractivity contribution is 5.94. The molecule has 1 fully saturated rings. The summed E-state index contributed by atoms with van der Waals surface area (Å²) in [5.41, 5.74) is 0.427. The van der Waals surface area contributed by atoms with Crippen molar-refractivity contribution in [1.82, 2.24) is 10.6 Å². The molecule has 9 heteroatoms. The van der Waals surface area contributed by atoms with E-state index in [0.717, 1.165) is 0 Å². The highest BCUT2D eigenvalue weighted by Gasteiger charge is 2.31. The van der Waals surface area contributed by atoms with E-state index in [-0.39, 0.29) is 18.3 Å². The van der Waals surface area contributed by atoms with Gasteiger partial charge in [0.1, 0.15) is 17.7 Å². The molecule has 0 unspecified atom stereocenters. The van der Waals surface area contributed by atoms with Crippen molar-refractivity contribution in [2.75, 3.05) is 18.5 Å². The zero-order valence-electron chi connectivity index (χ0n) is 16.8. The Bertz CT molecular complexity index is 895. The topological polar surface area (TPSA) is 99.7 Å². The minimum Gasteiger partial charge on any atom is -0.394 e. The van der Waals surface area contributed by atoms with Gasteiger partial charge in [-0.2, -0.15) is 0 Å². The number of nitrogens with one attached hydrogen (secondary N) is 3. The highest BCUT2D eigenvalue weighted by Crippen LogP contribution is 2.22. The molecule has 0 aliphatic carbocycles. The van der Waals surface area contributed by atoms with E-state index in [9.17, 15) is 23.5 Å². The number of hydrogen-bond donors (Lipinski definition) is 4. The zero-order chi connectivity index (χ0) is 22.2. The summed E-state index contributed by atoms with van der Waals surface area (Å²) >= 11 is 0. The molecule has 31 heavy (non-hydrogen) atoms. The van der Waals surface area contributed by atoms with Gasteiger partial charge in [0.05, 0.1) is 24.3 Å². The minimum atomic E-state index is -0.597. The first-order valence-electron chi connectivity index (χ1n) is 10.1. The molecule has 4 N–H and O–H groups in total. The second-order valence-corrected chi connectivity index (χ2v) is 7.29. The van der Waals surface area contributed by atoms with Crippen LogP contribution in [0.15, 0.2) is 48.5 Å². The largest absolute Gasteiger partial charge is 0.394 e. The van der Waals surface area contributed by atoms with Gasteiger partial charge in [-0.25, -0.2) is 13.6 Å². The fraction of sp³-hybridized carbons (Fsp3) is 0.364. The maximum absolute atomic E-state index is 13.7. The quantitative estimate of drug-likeness (QED) is 0.540. The van der Waals surface area contributed by atoms with Crippen LogP contribution in [0.25, 0.3) is 0 Å². The number of carbonyl (C=O) groups is 2. The minimum absolute atomic E-state index is 0.0169. The molecular formula is C22H25F2N3O4. The van der Waals surface area contributed by atoms with Crippen molar-refractivity contribution in [2.24, 2.45) is 0 Å². The lowest BCUT2D eigenvalue weighted by Gasteiger charge is -2.36. The Morgan fingerprint density at radius 3 is 2.52 bits per heavy atom. The van der Waals surface area contributed by atoms with E-state index in [1.807, 2.05) is 0 Å². The predicted molar refractivity (Wildman–Crippen MR) is 111 cm³/mol. The predicted octanol–water partition coefficient (Wildman–Crippen LogP) is 2.81. The van der Waals surface area contributed by atoms with Crippen LogP contribution in [0.1, 0.15) is 29.6 Å². The Labute approximate surface area is 178 Å². The SMILES string of the molecule is O=C(Nc1ccc(F)cc1)N[C@H]1CC[C@@H](CCNC(=O)c2ccccc2F)O[C@H]1CO. The molecule has 3 amide bonds. The second-order valence-electron chi connectivity index (χ2n) is 7.29. The Morgan fingerprint density at radius 2 is 1.81 bits per heavy atom. The summed E-state index contributed by atoms with van der Waals surface area (Å²) in [5, 5.41) is 17.7. The number of rotatable bonds is 7. The van der Waals surface area contributed by atoms with Gasteiger partial charge in [-0.1, -0.05) is 12.1 Å². The maximum atomic E-state index is 13.7. The van der Waals surface area contributed by atoms with Gasteiger partial charge in [-0.05, 0) is 55.7 Å². The van der Waals surface area contributed by atoms with Gasteiger partial charge in [0.25, 0.3) is 5.91 Å². The molecule has 2 aromatic carbocycles. The van der Waals surface area contributed by atoms with E-state index in [4.69, 9.17) is 4.74 Å². The molecule has 1 heterocycles. The number of hydrogen-bond acceptors (Lipinski definition) is 4. The van der Waals surface area contributed by atoms with E-state index in [0.29, 0.717) is 31.5 Å². The summed E-state index contributed by atoms with van der Waals surface area (Å²) in [5.74, 6) is -1.48. The van der Waals surface area contributed by atoms with Crippen molar-refractivity contribution in [3.63, 3.8) is 0 Å². The third-order valence-electron chi connectivity index (χ3n) is 5.08. The number of halogens is 2. The monoisotopic (exact) mass is 433 g/mol. The van der Waals surface area contributed by atoms with Crippen LogP contribution in [0.5, 0.6) is 0 Å². The lowest BCUT2D eigenvalue weighted by Crippen LogP contribution is -2.52. The van der Waals surface area contributed by atoms with E-state index < -0.39 is 35.7 Å². The van der Waals surface area contributed by atoms with Crippen LogP contribution in [0, 0.1) is 11.6 Å². The highest BCUT2D eigenvalue weighted by atomic mass is 19.1. The number of amides is 3. The molecule has 1 saturated heterocycles. The van der Waals surface area contributed by atoms with Crippen LogP contribution in [-0.2, 0) is 4.74 Å². The number of aliphatic hydroxyl groups is 1. The van der Waals surface area contributed by atoms with Crippen molar-refractivity contribution in [2.45, 2.75) is 37.5 Å². The first kappa shape index (κ1) is 22.6. The Kier molecular flexibility index (Phi) is 7.91. The van der Waals surface area contributed by atoms with E-state index in [1.165, 1.54) is 42.5 Å². The lowest BCUT2D eigenvalue weighted by atomic mass is 9.97. The van der Waals surface area contributed by atoms with E-state index in [2.05, 4.69) is 16.0 Å². The smallest absolute Gasteiger partial charge is 0.319 e. The third-order valence-corrected chi connectivity index (χ3v) is 5.08. The maximum Gasteiger partial charge on any atom is 0.319 e. The van der Waals surface area contributed by atoms with E-state index in [1.54, 1.807) is 6.07 Å². The average molecular weight is 433 g/mol. The Hall–Kier alpha value is -3.04. The van der Waals surface area contributed by atoms with Crippen molar-refractivity contribution < 1.29 is 28.2 Å². The molecule has 0 bridgehead atoms. The molecule has 2 aromatic rings. The van der Waals surface area contributed by atoms with Crippen LogP contribution in [-0.4, -0.2) is 48.4 Å². The fourth-order valence-corrected chi connectivity index (χ4v) is 3.47. The number of urea groups is 1. The molecule has 0 radical (unpaired) electrons. The molecule has 7 nitrogen and oxygen atoms in total. The molecule has 3 rings (SSSR count). The number of anilines is 1. The molecule has 3 atom stereocenters. The van der Waals surface area contributed by atoms with Gasteiger partial charge in [-0.3, -0.25) is 4.79 Å². The van der Waals surface area contributed by atoms with Gasteiger partial charge >= 0.3 is 6.03 Å². The summed E-state index contributed by atoms with van der Waals surface area (Å²) in [6.07, 6.45) is 0.878. The van der Waals surface area contributed by atoms with Gasteiger partial charge in [-0.15, -0.1) is 0 Å². The van der Waals surface area contributed by atoms with Crippen molar-refractivity contribution >= 4 is 17.6 Å². The average Bonchev–Trinajstić information content (AvgIpc) is 2.76. The summed E-state index contributed by atoms with van der Waals surface area (Å²) < 4.78 is 32.5. The summed E-state index contributed by atoms with van der Waals surface area (Å²) in [6.45, 7) is 0.0126. The molecule has 1 aliphatic heterocycles. The van der Waals surface area contributed by atoms with Crippen LogP contribution in [0.4, 0.5) is 19.3 Å². The molecule has 166 valence electrons. The van der Waals surface area contributed by atoms with Gasteiger partial charge in [0.2, 0.25) is 0 Å². The summed E-state index contributed by atoms with van der Waals surface area (Å²) in [6, 6.07) is 10.2. The number of aliphatic hydroxyl groups excluding tert-OH is 1. The van der Waals surface area contributed by atoms with Crippen molar-refractivity contribution in [3.05, 3.63) is 65.7 Å².